The van der Waals surface area contributed by atoms with Crippen molar-refractivity contribution in [2.75, 3.05) is 0 Å². The van der Waals surface area contributed by atoms with Gasteiger partial charge < -0.3 is 27.0 Å². The van der Waals surface area contributed by atoms with Gasteiger partial charge in [-0.2, -0.15) is 0 Å². The highest BCUT2D eigenvalue weighted by molar-refractivity contribution is 5.89. The third kappa shape index (κ3) is 4.11. The van der Waals surface area contributed by atoms with Crippen molar-refractivity contribution in [2.24, 2.45) is 23.3 Å². The predicted octanol–water partition coefficient (Wildman–Crippen LogP) is 5.59. The Morgan fingerprint density at radius 3 is 2.41 bits per heavy atom. The fourth-order valence-electron chi connectivity index (χ4n) is 7.13. The summed E-state index contributed by atoms with van der Waals surface area (Å²) in [6, 6.07) is 12.8. The number of aliphatic hydroxyl groups excluding tert-OH is 1. The first kappa shape index (κ1) is 27.2. The van der Waals surface area contributed by atoms with Gasteiger partial charge in [0.25, 0.3) is 0 Å². The second kappa shape index (κ2) is 9.67. The first-order valence-electron chi connectivity index (χ1n) is 13.8. The molecule has 1 unspecified atom stereocenters. The Morgan fingerprint density at radius 1 is 1.13 bits per heavy atom. The number of aliphatic hydroxyl groups is 2. The van der Waals surface area contributed by atoms with Crippen molar-refractivity contribution in [3.8, 4) is 11.1 Å². The van der Waals surface area contributed by atoms with Crippen molar-refractivity contribution in [1.29, 1.82) is 0 Å². The van der Waals surface area contributed by atoms with Gasteiger partial charge in [-0.3, -0.25) is 0 Å². The smallest absolute Gasteiger partial charge is 0.119 e. The van der Waals surface area contributed by atoms with Crippen LogP contribution in [0, 0.1) is 18.8 Å². The van der Waals surface area contributed by atoms with E-state index in [4.69, 9.17) is 11.5 Å². The standard InChI is InChI=1S/C34H41N3O2/c1-17(2)37-16-23-9-11-24(12-10-23)26-13-8-18(3)29-19(4)30-20(5)34(39)21(6)31(22(7)35)33(38)32(36)28(34)15-25(30)14-27(26)29/h8-13,17,25,28,32,37-39H,4,6-7,14-16,35-36H2,1-3,5H3/t25-,28-,32?,34-/m0/s1. The molecular formula is C34H41N3O2. The van der Waals surface area contributed by atoms with Gasteiger partial charge in [0.05, 0.1) is 6.04 Å². The Bertz CT molecular complexity index is 1460. The van der Waals surface area contributed by atoms with E-state index in [2.05, 4.69) is 82.2 Å². The van der Waals surface area contributed by atoms with Gasteiger partial charge in [-0.1, -0.05) is 70.0 Å². The molecule has 2 aromatic carbocycles. The fraction of sp³-hybridized carbons (Fsp3) is 0.353. The van der Waals surface area contributed by atoms with E-state index in [1.54, 1.807) is 0 Å². The maximum Gasteiger partial charge on any atom is 0.119 e. The van der Waals surface area contributed by atoms with Crippen molar-refractivity contribution in [3.05, 3.63) is 112 Å². The number of hydrogen-bond acceptors (Lipinski definition) is 5. The van der Waals surface area contributed by atoms with Gasteiger partial charge in [0.15, 0.2) is 0 Å². The molecule has 5 rings (SSSR count). The summed E-state index contributed by atoms with van der Waals surface area (Å²) in [5.41, 5.74) is 22.0. The average Bonchev–Trinajstić information content (AvgIpc) is 2.88. The average molecular weight is 524 g/mol. The van der Waals surface area contributed by atoms with E-state index in [1.807, 2.05) is 6.92 Å². The molecule has 2 aromatic rings. The largest absolute Gasteiger partial charge is 0.510 e. The van der Waals surface area contributed by atoms with Gasteiger partial charge in [-0.15, -0.1) is 0 Å². The Balaban J connectivity index is 1.60. The maximum atomic E-state index is 12.2. The zero-order valence-corrected chi connectivity index (χ0v) is 23.6. The molecule has 3 aliphatic carbocycles. The first-order chi connectivity index (χ1) is 18.4. The van der Waals surface area contributed by atoms with Crippen molar-refractivity contribution in [3.63, 3.8) is 0 Å². The number of benzene rings is 2. The summed E-state index contributed by atoms with van der Waals surface area (Å²) in [6.45, 7) is 21.8. The number of aryl methyl sites for hydroxylation is 1. The second-order valence-electron chi connectivity index (χ2n) is 11.8. The van der Waals surface area contributed by atoms with Gasteiger partial charge in [0, 0.05) is 29.8 Å². The Labute approximate surface area is 232 Å². The third-order valence-electron chi connectivity index (χ3n) is 9.13. The van der Waals surface area contributed by atoms with Crippen molar-refractivity contribution in [1.82, 2.24) is 5.32 Å². The molecular weight excluding hydrogens is 482 g/mol. The highest BCUT2D eigenvalue weighted by Crippen LogP contribution is 2.57. The molecule has 5 nitrogen and oxygen atoms in total. The summed E-state index contributed by atoms with van der Waals surface area (Å²) in [4.78, 5) is 0. The van der Waals surface area contributed by atoms with Crippen molar-refractivity contribution >= 4 is 5.57 Å². The zero-order valence-electron chi connectivity index (χ0n) is 23.6. The van der Waals surface area contributed by atoms with Crippen molar-refractivity contribution < 1.29 is 10.2 Å². The van der Waals surface area contributed by atoms with Crippen LogP contribution >= 0.6 is 0 Å². The summed E-state index contributed by atoms with van der Waals surface area (Å²) in [5.74, 6) is -0.367. The minimum absolute atomic E-state index is 0.0444. The summed E-state index contributed by atoms with van der Waals surface area (Å²) < 4.78 is 0. The number of nitrogens with two attached hydrogens (primary N) is 2. The molecule has 4 atom stereocenters. The van der Waals surface area contributed by atoms with Gasteiger partial charge in [-0.05, 0) is 88.3 Å². The minimum Gasteiger partial charge on any atom is -0.510 e. The minimum atomic E-state index is -1.43. The van der Waals surface area contributed by atoms with Crippen LogP contribution in [0.15, 0.2) is 89.9 Å². The molecule has 0 saturated carbocycles. The molecule has 39 heavy (non-hydrogen) atoms. The molecule has 0 spiro atoms. The molecule has 0 bridgehead atoms. The van der Waals surface area contributed by atoms with Crippen LogP contribution in [0.2, 0.25) is 0 Å². The molecule has 5 heteroatoms. The molecule has 0 aliphatic heterocycles. The molecule has 3 aliphatic rings. The number of allylic oxidation sites excluding steroid dienone is 3. The number of nitrogens with one attached hydrogen (secondary N) is 1. The zero-order chi connectivity index (χ0) is 28.4. The number of fused-ring (bicyclic) bond motifs is 3. The molecule has 0 aromatic heterocycles. The van der Waals surface area contributed by atoms with Crippen LogP contribution in [0.1, 0.15) is 49.4 Å². The quantitative estimate of drug-likeness (QED) is 0.351. The highest BCUT2D eigenvalue weighted by atomic mass is 16.3. The van der Waals surface area contributed by atoms with Crippen LogP contribution in [-0.2, 0) is 13.0 Å². The fourth-order valence-corrected chi connectivity index (χ4v) is 7.13. The van der Waals surface area contributed by atoms with Gasteiger partial charge >= 0.3 is 0 Å². The van der Waals surface area contributed by atoms with Crippen LogP contribution in [0.4, 0.5) is 0 Å². The summed E-state index contributed by atoms with van der Waals surface area (Å²) >= 11 is 0. The topological polar surface area (TPSA) is 105 Å². The lowest BCUT2D eigenvalue weighted by Gasteiger charge is -2.52. The number of rotatable bonds is 5. The van der Waals surface area contributed by atoms with Crippen LogP contribution in [-0.4, -0.2) is 27.9 Å². The summed E-state index contributed by atoms with van der Waals surface area (Å²) in [6.07, 6.45) is 1.41. The highest BCUT2D eigenvalue weighted by Gasteiger charge is 2.55. The summed E-state index contributed by atoms with van der Waals surface area (Å²) in [7, 11) is 0. The lowest BCUT2D eigenvalue weighted by atomic mass is 9.55. The van der Waals surface area contributed by atoms with Crippen LogP contribution in [0.25, 0.3) is 16.7 Å². The SMILES string of the molecule is C=C(N)C1=C(O)C(N)[C@@H]2C[C@@H]3Cc4c(-c5ccc(CNC(C)C)cc5)ccc(C)c4C(=C)C3=C(C)[C@]2(O)C1=C. The van der Waals surface area contributed by atoms with Crippen molar-refractivity contribution in [2.45, 2.75) is 64.8 Å². The maximum absolute atomic E-state index is 12.2. The van der Waals surface area contributed by atoms with Gasteiger partial charge in [0.2, 0.25) is 0 Å². The molecule has 0 amide bonds. The van der Waals surface area contributed by atoms with E-state index in [9.17, 15) is 10.2 Å². The van der Waals surface area contributed by atoms with Crippen LogP contribution < -0.4 is 16.8 Å². The van der Waals surface area contributed by atoms with Crippen LogP contribution in [0.5, 0.6) is 0 Å². The molecule has 0 radical (unpaired) electrons. The lowest BCUT2D eigenvalue weighted by molar-refractivity contribution is 0.0112. The molecule has 7 N–H and O–H groups in total. The summed E-state index contributed by atoms with van der Waals surface area (Å²) in [5, 5.41) is 26.6. The van der Waals surface area contributed by atoms with E-state index >= 15 is 0 Å². The normalized spacial score (nSPS) is 26.5. The third-order valence-corrected chi connectivity index (χ3v) is 9.13. The monoisotopic (exact) mass is 523 g/mol. The lowest BCUT2D eigenvalue weighted by Crippen LogP contribution is -2.57. The Kier molecular flexibility index (Phi) is 6.74. The van der Waals surface area contributed by atoms with Crippen LogP contribution in [0.3, 0.4) is 0 Å². The molecule has 0 heterocycles. The molecule has 0 fully saturated rings. The Morgan fingerprint density at radius 2 is 1.79 bits per heavy atom. The van der Waals surface area contributed by atoms with E-state index in [1.165, 1.54) is 22.3 Å². The number of hydrogen-bond donors (Lipinski definition) is 5. The molecule has 204 valence electrons. The predicted molar refractivity (Wildman–Crippen MR) is 161 cm³/mol. The van der Waals surface area contributed by atoms with E-state index < -0.39 is 17.6 Å². The van der Waals surface area contributed by atoms with Gasteiger partial charge in [0.1, 0.15) is 11.4 Å². The second-order valence-corrected chi connectivity index (χ2v) is 11.8. The molecule has 0 saturated heterocycles. The Hall–Kier alpha value is -3.38. The van der Waals surface area contributed by atoms with E-state index in [0.717, 1.165) is 40.8 Å². The van der Waals surface area contributed by atoms with Gasteiger partial charge in [-0.25, -0.2) is 0 Å². The van der Waals surface area contributed by atoms with E-state index in [-0.39, 0.29) is 22.9 Å². The first-order valence-corrected chi connectivity index (χ1v) is 13.8. The van der Waals surface area contributed by atoms with E-state index in [0.29, 0.717) is 18.0 Å².